The van der Waals surface area contributed by atoms with E-state index >= 15 is 0 Å². The largest absolute Gasteiger partial charge is 0.467 e. The van der Waals surface area contributed by atoms with E-state index in [1.165, 1.54) is 29.6 Å². The van der Waals surface area contributed by atoms with Crippen molar-refractivity contribution in [2.75, 3.05) is 5.32 Å². The number of carbonyl (C=O) groups excluding carboxylic acids is 1. The molecule has 4 aromatic heterocycles. The highest BCUT2D eigenvalue weighted by molar-refractivity contribution is 8.01. The summed E-state index contributed by atoms with van der Waals surface area (Å²) in [4.78, 5) is 40.9. The first kappa shape index (κ1) is 19.9. The maximum Gasteiger partial charge on any atom is 0.332 e. The van der Waals surface area contributed by atoms with Crippen molar-refractivity contribution < 1.29 is 9.21 Å². The van der Waals surface area contributed by atoms with Crippen LogP contribution in [0.1, 0.15) is 5.76 Å². The molecule has 0 aliphatic rings. The van der Waals surface area contributed by atoms with Gasteiger partial charge in [-0.3, -0.25) is 19.2 Å². The van der Waals surface area contributed by atoms with Gasteiger partial charge < -0.3 is 14.3 Å². The zero-order valence-corrected chi connectivity index (χ0v) is 17.7. The first-order chi connectivity index (χ1) is 14.3. The highest BCUT2D eigenvalue weighted by atomic mass is 32.2. The molecule has 0 spiro atoms. The third-order valence-electron chi connectivity index (χ3n) is 4.24. The summed E-state index contributed by atoms with van der Waals surface area (Å²) in [6.45, 7) is 0.243. The van der Waals surface area contributed by atoms with Gasteiger partial charge in [-0.05, 0) is 23.9 Å². The summed E-state index contributed by atoms with van der Waals surface area (Å²) in [7, 11) is 4.66. The van der Waals surface area contributed by atoms with Crippen LogP contribution in [0, 0.1) is 0 Å². The fourth-order valence-electron chi connectivity index (χ4n) is 2.69. The average molecular weight is 448 g/mol. The van der Waals surface area contributed by atoms with E-state index < -0.39 is 17.3 Å². The van der Waals surface area contributed by atoms with Crippen LogP contribution in [0.25, 0.3) is 11.2 Å². The van der Waals surface area contributed by atoms with Crippen molar-refractivity contribution in [1.29, 1.82) is 0 Å². The number of urea groups is 1. The number of nitrogens with one attached hydrogen (secondary N) is 2. The van der Waals surface area contributed by atoms with Gasteiger partial charge in [0.15, 0.2) is 20.7 Å². The molecule has 30 heavy (non-hydrogen) atoms. The monoisotopic (exact) mass is 448 g/mol. The fourth-order valence-corrected chi connectivity index (χ4v) is 4.39. The summed E-state index contributed by atoms with van der Waals surface area (Å²) in [6.07, 6.45) is 1.53. The van der Waals surface area contributed by atoms with Gasteiger partial charge in [0.2, 0.25) is 5.13 Å². The zero-order valence-electron chi connectivity index (χ0n) is 16.1. The van der Waals surface area contributed by atoms with Gasteiger partial charge in [0.05, 0.1) is 12.8 Å². The van der Waals surface area contributed by atoms with Crippen molar-refractivity contribution >= 4 is 45.4 Å². The SMILES string of the molecule is Cn1c(=O)c2c(nc(Sc3nnc(NC(=O)NCc4ccco4)s3)n2C)n(C)c1=O. The average Bonchev–Trinajstić information content (AvgIpc) is 3.45. The minimum atomic E-state index is -0.454. The molecule has 0 aromatic carbocycles. The Labute approximate surface area is 176 Å². The summed E-state index contributed by atoms with van der Waals surface area (Å²) in [5.74, 6) is 0.626. The number of hydrogen-bond acceptors (Lipinski definition) is 9. The van der Waals surface area contributed by atoms with Crippen molar-refractivity contribution in [2.45, 2.75) is 16.0 Å². The summed E-state index contributed by atoms with van der Waals surface area (Å²) < 4.78 is 9.61. The molecule has 0 aliphatic carbocycles. The minimum Gasteiger partial charge on any atom is -0.467 e. The van der Waals surface area contributed by atoms with Gasteiger partial charge in [0.25, 0.3) is 5.56 Å². The fraction of sp³-hybridized carbons (Fsp3) is 0.250. The summed E-state index contributed by atoms with van der Waals surface area (Å²) in [5.41, 5.74) is -0.288. The second kappa shape index (κ2) is 7.79. The van der Waals surface area contributed by atoms with Crippen LogP contribution in [0.2, 0.25) is 0 Å². The van der Waals surface area contributed by atoms with E-state index in [4.69, 9.17) is 4.42 Å². The Kier molecular flexibility index (Phi) is 5.17. The molecule has 0 radical (unpaired) electrons. The van der Waals surface area contributed by atoms with Gasteiger partial charge in [0, 0.05) is 21.1 Å². The number of rotatable bonds is 5. The van der Waals surface area contributed by atoms with E-state index in [0.717, 1.165) is 15.9 Å². The molecule has 0 fully saturated rings. The molecule has 0 atom stereocenters. The van der Waals surface area contributed by atoms with Crippen molar-refractivity contribution in [3.8, 4) is 0 Å². The Bertz CT molecular complexity index is 1350. The molecule has 156 valence electrons. The first-order valence-corrected chi connectivity index (χ1v) is 10.2. The molecular formula is C16H16N8O4S2. The third kappa shape index (κ3) is 3.61. The van der Waals surface area contributed by atoms with Crippen LogP contribution in [0.3, 0.4) is 0 Å². The van der Waals surface area contributed by atoms with Crippen LogP contribution in [0.15, 0.2) is 41.9 Å². The van der Waals surface area contributed by atoms with Crippen molar-refractivity contribution in [1.82, 2.24) is 34.2 Å². The molecular weight excluding hydrogens is 432 g/mol. The van der Waals surface area contributed by atoms with Gasteiger partial charge in [0.1, 0.15) is 5.76 Å². The number of amides is 2. The molecule has 14 heteroatoms. The van der Waals surface area contributed by atoms with Crippen LogP contribution < -0.4 is 21.9 Å². The Morgan fingerprint density at radius 3 is 2.73 bits per heavy atom. The standard InChI is InChI=1S/C16H16N8O4S2/c1-22-9-10(23(2)16(27)24(3)11(9)25)18-14(22)30-15-21-20-13(29-15)19-12(26)17-7-8-5-4-6-28-8/h4-6H,7H2,1-3H3,(H2,17,19,20,26). The van der Waals surface area contributed by atoms with Crippen LogP contribution in [0.4, 0.5) is 9.93 Å². The summed E-state index contributed by atoms with van der Waals surface area (Å²) in [5, 5.41) is 14.0. The number of carbonyl (C=O) groups is 1. The predicted molar refractivity (Wildman–Crippen MR) is 110 cm³/mol. The maximum absolute atomic E-state index is 12.5. The van der Waals surface area contributed by atoms with E-state index in [1.807, 2.05) is 0 Å². The second-order valence-electron chi connectivity index (χ2n) is 6.19. The number of aryl methyl sites for hydroxylation is 2. The molecule has 0 bridgehead atoms. The Morgan fingerprint density at radius 2 is 2.00 bits per heavy atom. The van der Waals surface area contributed by atoms with Crippen LogP contribution in [0.5, 0.6) is 0 Å². The van der Waals surface area contributed by atoms with Crippen LogP contribution >= 0.6 is 23.1 Å². The Balaban J connectivity index is 1.50. The Morgan fingerprint density at radius 1 is 1.20 bits per heavy atom. The molecule has 4 heterocycles. The number of aromatic nitrogens is 6. The van der Waals surface area contributed by atoms with Gasteiger partial charge in [-0.15, -0.1) is 10.2 Å². The van der Waals surface area contributed by atoms with E-state index in [2.05, 4.69) is 25.8 Å². The molecule has 2 N–H and O–H groups in total. The van der Waals surface area contributed by atoms with E-state index in [-0.39, 0.29) is 12.2 Å². The number of imidazole rings is 1. The smallest absolute Gasteiger partial charge is 0.332 e. The van der Waals surface area contributed by atoms with E-state index in [0.29, 0.717) is 25.9 Å². The van der Waals surface area contributed by atoms with Gasteiger partial charge >= 0.3 is 11.7 Å². The first-order valence-electron chi connectivity index (χ1n) is 8.56. The van der Waals surface area contributed by atoms with Crippen molar-refractivity contribution in [3.63, 3.8) is 0 Å². The highest BCUT2D eigenvalue weighted by Crippen LogP contribution is 2.32. The van der Waals surface area contributed by atoms with Crippen molar-refractivity contribution in [2.24, 2.45) is 21.1 Å². The lowest BCUT2D eigenvalue weighted by molar-refractivity contribution is 0.251. The second-order valence-corrected chi connectivity index (χ2v) is 8.39. The van der Waals surface area contributed by atoms with Crippen LogP contribution in [-0.2, 0) is 27.7 Å². The summed E-state index contributed by atoms with van der Waals surface area (Å²) >= 11 is 2.33. The summed E-state index contributed by atoms with van der Waals surface area (Å²) in [6, 6.07) is 3.04. The van der Waals surface area contributed by atoms with E-state index in [9.17, 15) is 14.4 Å². The van der Waals surface area contributed by atoms with Gasteiger partial charge in [-0.25, -0.2) is 14.6 Å². The normalized spacial score (nSPS) is 11.2. The quantitative estimate of drug-likeness (QED) is 0.429. The van der Waals surface area contributed by atoms with Gasteiger partial charge in [-0.1, -0.05) is 11.3 Å². The highest BCUT2D eigenvalue weighted by Gasteiger charge is 2.19. The topological polar surface area (TPSA) is 142 Å². The number of nitrogens with zero attached hydrogens (tertiary/aromatic N) is 6. The molecule has 0 unspecified atom stereocenters. The lowest BCUT2D eigenvalue weighted by Gasteiger charge is -2.03. The van der Waals surface area contributed by atoms with E-state index in [1.54, 1.807) is 30.8 Å². The number of fused-ring (bicyclic) bond motifs is 1. The molecule has 12 nitrogen and oxygen atoms in total. The number of anilines is 1. The molecule has 4 rings (SSSR count). The maximum atomic E-state index is 12.5. The number of hydrogen-bond donors (Lipinski definition) is 2. The van der Waals surface area contributed by atoms with Crippen LogP contribution in [-0.4, -0.2) is 34.9 Å². The molecule has 4 aromatic rings. The zero-order chi connectivity index (χ0) is 21.4. The number of furan rings is 1. The molecule has 0 saturated heterocycles. The predicted octanol–water partition coefficient (Wildman–Crippen LogP) is 0.888. The third-order valence-corrected chi connectivity index (χ3v) is 6.18. The molecule has 0 saturated carbocycles. The minimum absolute atomic E-state index is 0.243. The lowest BCUT2D eigenvalue weighted by atomic mass is 10.4. The van der Waals surface area contributed by atoms with Gasteiger partial charge in [-0.2, -0.15) is 0 Å². The molecule has 0 aliphatic heterocycles. The van der Waals surface area contributed by atoms with Crippen molar-refractivity contribution in [3.05, 3.63) is 45.0 Å². The lowest BCUT2D eigenvalue weighted by Crippen LogP contribution is -2.37. The molecule has 2 amide bonds. The Hall–Kier alpha value is -3.39.